The Balaban J connectivity index is 0.000000250. The topological polar surface area (TPSA) is 450 Å². The number of fused-ring (bicyclic) bond motifs is 2. The fraction of sp³-hybridized carbons (Fsp3) is 0.657. The molecule has 4 aromatic heterocycles. The number of hydrogen-bond acceptors (Lipinski definition) is 36. The van der Waals surface area contributed by atoms with Crippen LogP contribution in [-0.4, -0.2) is 312 Å². The van der Waals surface area contributed by atoms with E-state index in [1.54, 1.807) is 0 Å². The van der Waals surface area contributed by atoms with E-state index in [1.807, 2.05) is 23.5 Å². The summed E-state index contributed by atoms with van der Waals surface area (Å²) in [6.07, 6.45) is 7.27. The molecule has 6 aliphatic rings. The lowest BCUT2D eigenvalue weighted by atomic mass is 10.0. The number of amides is 5. The highest BCUT2D eigenvalue weighted by molar-refractivity contribution is 8.00. The van der Waals surface area contributed by atoms with Gasteiger partial charge in [0, 0.05) is 112 Å². The minimum atomic E-state index is -0.426. The average molecular weight is 1590 g/mol. The lowest BCUT2D eigenvalue weighted by Crippen LogP contribution is -2.48. The predicted octanol–water partition coefficient (Wildman–Crippen LogP) is 2.62. The van der Waals surface area contributed by atoms with Crippen LogP contribution in [-0.2, 0) is 52.3 Å². The second kappa shape index (κ2) is 45.4. The van der Waals surface area contributed by atoms with Crippen LogP contribution in [0.2, 0.25) is 0 Å². The molecule has 10 rings (SSSR count). The van der Waals surface area contributed by atoms with Gasteiger partial charge in [0.15, 0.2) is 10.3 Å². The first kappa shape index (κ1) is 84.3. The van der Waals surface area contributed by atoms with Crippen LogP contribution in [0.1, 0.15) is 51.4 Å². The van der Waals surface area contributed by atoms with Crippen molar-refractivity contribution < 1.29 is 80.8 Å². The van der Waals surface area contributed by atoms with Crippen molar-refractivity contribution >= 4 is 112 Å². The highest BCUT2D eigenvalue weighted by Gasteiger charge is 2.44. The first-order valence-corrected chi connectivity index (χ1v) is 39.7. The molecule has 6 atom stereocenters. The molecule has 10 heterocycles. The summed E-state index contributed by atoms with van der Waals surface area (Å²) in [5, 5.41) is 15.9. The van der Waals surface area contributed by atoms with E-state index in [-0.39, 0.29) is 89.8 Å². The summed E-state index contributed by atoms with van der Waals surface area (Å²) in [7, 11) is 6.10. The number of ether oxygens (including phenoxy) is 12. The number of methoxy groups -OCH3 is 4. The number of carbonyl (C=O) groups excluding carboxylic acids is 5. The molecule has 0 aliphatic carbocycles. The van der Waals surface area contributed by atoms with E-state index in [4.69, 9.17) is 74.0 Å². The highest BCUT2D eigenvalue weighted by atomic mass is 32.2. The third-order valence-corrected chi connectivity index (χ3v) is 22.5. The normalized spacial score (nSPS) is 19.6. The number of unbranched alkanes of at least 4 members (excludes halogenated alkanes) is 2. The maximum absolute atomic E-state index is 12.0. The van der Waals surface area contributed by atoms with E-state index < -0.39 is 5.91 Å². The number of carbonyl (C=O) groups is 5. The third-order valence-electron chi connectivity index (χ3n) is 17.6. The molecule has 4 aromatic rings. The molecule has 6 aliphatic heterocycles. The van der Waals surface area contributed by atoms with Crippen LogP contribution >= 0.6 is 47.0 Å². The number of esters is 2. The number of nitrogens with zero attached hydrogens (tertiary/aromatic N) is 12. The van der Waals surface area contributed by atoms with Crippen molar-refractivity contribution in [2.45, 2.75) is 106 Å². The summed E-state index contributed by atoms with van der Waals surface area (Å²) in [4.78, 5) is 104. The number of piperazine rings is 2. The van der Waals surface area contributed by atoms with Gasteiger partial charge in [-0.05, 0) is 55.3 Å². The number of anilines is 6. The van der Waals surface area contributed by atoms with Gasteiger partial charge in [0.05, 0.1) is 132 Å². The van der Waals surface area contributed by atoms with E-state index >= 15 is 0 Å². The molecule has 0 saturated carbocycles. The smallest absolute Gasteiger partial charge is 0.315 e. The number of aromatic nitrogens is 8. The van der Waals surface area contributed by atoms with Gasteiger partial charge in [-0.2, -0.15) is 43.5 Å². The summed E-state index contributed by atoms with van der Waals surface area (Å²) in [5.74, 6) is 4.22. The molecule has 6 fully saturated rings. The molecule has 41 heteroatoms. The summed E-state index contributed by atoms with van der Waals surface area (Å²) >= 11 is 6.04. The molecule has 0 spiro atoms. The Morgan fingerprint density at radius 3 is 1.24 bits per heavy atom. The quantitative estimate of drug-likeness (QED) is 0.0104. The SMILES string of the molecule is C=CC(=O)Nc1cc(N)nc(Sc2c(OC)nc(N3CCN(CCOCCOCCOCCOC(=O)CCCC[C@@H]4SC[C@@H]5NC(=O)N[C@@H]54)CC3)nc2OC)n1.COc1nc(N2CCN(CCOCCOCCOCCOC(=O)CCCC[C@@H]3SC[C@@H]4NC(=O)N[C@@H]43)CC2)nc(OC)c1Sc1nc(N)cc(N)n1. The first-order valence-electron chi connectivity index (χ1n) is 36.0. The average Bonchev–Trinajstić information content (AvgIpc) is 1.40. The van der Waals surface area contributed by atoms with Gasteiger partial charge in [-0.3, -0.25) is 24.2 Å². The van der Waals surface area contributed by atoms with Crippen molar-refractivity contribution in [2.75, 3.05) is 230 Å². The number of urea groups is 2. The van der Waals surface area contributed by atoms with Gasteiger partial charge >= 0.3 is 24.0 Å². The van der Waals surface area contributed by atoms with Gasteiger partial charge in [-0.25, -0.2) is 29.5 Å². The largest absolute Gasteiger partial charge is 0.480 e. The summed E-state index contributed by atoms with van der Waals surface area (Å²) in [6, 6.07) is 3.63. The van der Waals surface area contributed by atoms with Crippen molar-refractivity contribution in [1.82, 2.24) is 70.9 Å². The predicted molar refractivity (Wildman–Crippen MR) is 407 cm³/mol. The molecule has 37 nitrogen and oxygen atoms in total. The van der Waals surface area contributed by atoms with Crippen molar-refractivity contribution in [1.29, 1.82) is 0 Å². The van der Waals surface area contributed by atoms with Crippen LogP contribution in [0, 0.1) is 0 Å². The molecule has 5 amide bonds. The van der Waals surface area contributed by atoms with E-state index in [1.165, 1.54) is 52.3 Å². The van der Waals surface area contributed by atoms with Crippen molar-refractivity contribution in [3.63, 3.8) is 0 Å². The second-order valence-electron chi connectivity index (χ2n) is 25.1. The standard InChI is InChI=1S/C35H52N10O9S2.C32H50N10O8S2/c1-4-27(46)39-26-21-25(36)38-35(40-26)56-30-31(49-2)42-33(43-32(30)50-3)45-11-9-44(10-12-45)13-14-51-15-16-52-17-18-53-19-20-54-28(47)8-6-5-7-24-29-23(22-55-24)37-34(48)41-29;1-45-28-27(52-32-36-23(33)19-24(34)37-32)29(46-2)40-30(39-28)42-9-7-41(8-10-42)11-12-47-13-14-48-15-16-49-17-18-50-25(43)6-4-3-5-22-26-21(20-51-22)35-31(44)38-26/h4,21,23-24,29H,1,5-20,22H2,2-3H3,(H2,37,41,48)(H3,36,38,39,40,46);19,21-22,26H,3-18,20H2,1-2H3,(H2,35,38,44)(H4,33,34,36,37)/t23-,24-,29-;21-,22-,26-/m00/s1. The maximum atomic E-state index is 12.0. The van der Waals surface area contributed by atoms with Crippen LogP contribution in [0.25, 0.3) is 0 Å². The molecular formula is C67H102N20O17S4. The number of nitrogens with two attached hydrogens (primary N) is 3. The molecule has 0 bridgehead atoms. The number of nitrogen functional groups attached to an aromatic ring is 3. The van der Waals surface area contributed by atoms with Crippen LogP contribution < -0.4 is 72.5 Å². The fourth-order valence-electron chi connectivity index (χ4n) is 12.1. The minimum Gasteiger partial charge on any atom is -0.480 e. The first-order chi connectivity index (χ1) is 52.6. The van der Waals surface area contributed by atoms with Gasteiger partial charge < -0.3 is 110 Å². The highest BCUT2D eigenvalue weighted by Crippen LogP contribution is 2.42. The van der Waals surface area contributed by atoms with Gasteiger partial charge in [-0.15, -0.1) is 0 Å². The number of hydrogen-bond donors (Lipinski definition) is 8. The Morgan fingerprint density at radius 2 is 0.861 bits per heavy atom. The second-order valence-corrected chi connectivity index (χ2v) is 29.6. The lowest BCUT2D eigenvalue weighted by Gasteiger charge is -2.34. The Bertz CT molecular complexity index is 3450. The molecule has 6 saturated heterocycles. The maximum Gasteiger partial charge on any atom is 0.315 e. The fourth-order valence-corrected chi connectivity index (χ4v) is 17.0. The van der Waals surface area contributed by atoms with Crippen molar-refractivity contribution in [2.24, 2.45) is 0 Å². The summed E-state index contributed by atoms with van der Waals surface area (Å²) < 4.78 is 66.6. The zero-order valence-corrected chi connectivity index (χ0v) is 64.9. The molecule has 0 unspecified atom stereocenters. The summed E-state index contributed by atoms with van der Waals surface area (Å²) in [5.41, 5.74) is 17.6. The zero-order chi connectivity index (χ0) is 76.4. The van der Waals surface area contributed by atoms with Gasteiger partial charge in [-0.1, -0.05) is 19.4 Å². The Hall–Kier alpha value is -7.71. The Kier molecular flexibility index (Phi) is 35.5. The zero-order valence-electron chi connectivity index (χ0n) is 61.6. The molecule has 108 heavy (non-hydrogen) atoms. The number of thioether (sulfide) groups is 2. The summed E-state index contributed by atoms with van der Waals surface area (Å²) in [6.45, 7) is 17.1. The van der Waals surface area contributed by atoms with Gasteiger partial charge in [0.1, 0.15) is 46.3 Å². The monoisotopic (exact) mass is 1590 g/mol. The van der Waals surface area contributed by atoms with Crippen LogP contribution in [0.5, 0.6) is 23.5 Å². The molecule has 11 N–H and O–H groups in total. The molecule has 0 radical (unpaired) electrons. The van der Waals surface area contributed by atoms with Crippen molar-refractivity contribution in [3.05, 3.63) is 24.8 Å². The van der Waals surface area contributed by atoms with E-state index in [0.29, 0.717) is 166 Å². The van der Waals surface area contributed by atoms with Crippen LogP contribution in [0.4, 0.5) is 44.8 Å². The van der Waals surface area contributed by atoms with Crippen LogP contribution in [0.3, 0.4) is 0 Å². The van der Waals surface area contributed by atoms with Crippen molar-refractivity contribution in [3.8, 4) is 23.5 Å². The molecular weight excluding hydrogens is 1490 g/mol. The van der Waals surface area contributed by atoms with Gasteiger partial charge in [0.2, 0.25) is 41.3 Å². The van der Waals surface area contributed by atoms with E-state index in [2.05, 4.69) is 92.6 Å². The number of rotatable bonds is 46. The third kappa shape index (κ3) is 27.4. The lowest BCUT2D eigenvalue weighted by molar-refractivity contribution is -0.146. The van der Waals surface area contributed by atoms with Crippen LogP contribution in [0.15, 0.2) is 44.9 Å². The van der Waals surface area contributed by atoms with Gasteiger partial charge in [0.25, 0.3) is 0 Å². The molecule has 596 valence electrons. The minimum absolute atomic E-state index is 0.0720. The Morgan fingerprint density at radius 1 is 0.500 bits per heavy atom. The van der Waals surface area contributed by atoms with E-state index in [0.717, 1.165) is 120 Å². The molecule has 0 aromatic carbocycles. The number of nitrogens with one attached hydrogen (secondary N) is 5. The van der Waals surface area contributed by atoms with E-state index in [9.17, 15) is 24.0 Å². The Labute approximate surface area is 645 Å².